The maximum absolute atomic E-state index is 5.68. The Balaban J connectivity index is 2.37. The lowest BCUT2D eigenvalue weighted by Gasteiger charge is -2.18. The lowest BCUT2D eigenvalue weighted by Crippen LogP contribution is -2.10. The molecule has 0 fully saturated rings. The van der Waals surface area contributed by atoms with Crippen molar-refractivity contribution in [1.29, 1.82) is 0 Å². The summed E-state index contributed by atoms with van der Waals surface area (Å²) in [6.07, 6.45) is 1.08. The average Bonchev–Trinajstić information content (AvgIpc) is 2.23. The van der Waals surface area contributed by atoms with E-state index in [1.807, 2.05) is 12.1 Å². The van der Waals surface area contributed by atoms with Crippen LogP contribution in [0.3, 0.4) is 0 Å². The highest BCUT2D eigenvalue weighted by Crippen LogP contribution is 2.18. The second-order valence-corrected chi connectivity index (χ2v) is 5.34. The van der Waals surface area contributed by atoms with Gasteiger partial charge in [-0.2, -0.15) is 0 Å². The van der Waals surface area contributed by atoms with E-state index >= 15 is 0 Å². The molecule has 90 valence electrons. The minimum atomic E-state index is 0.341. The Morgan fingerprint density at radius 3 is 2.31 bits per heavy atom. The molecule has 1 rings (SSSR count). The van der Waals surface area contributed by atoms with E-state index in [1.165, 1.54) is 11.1 Å². The standard InChI is InChI=1S/C14H23NO/c1-14(2,3)8-9-16-11-13-7-5-4-6-12(13)10-15/h4-7H,8-11,15H2,1-3H3. The fraction of sp³-hybridized carbons (Fsp3) is 0.571. The Bertz CT molecular complexity index is 315. The normalized spacial score (nSPS) is 11.8. The number of benzene rings is 1. The summed E-state index contributed by atoms with van der Waals surface area (Å²) in [6, 6.07) is 8.18. The van der Waals surface area contributed by atoms with Gasteiger partial charge in [-0.1, -0.05) is 45.0 Å². The van der Waals surface area contributed by atoms with E-state index in [4.69, 9.17) is 10.5 Å². The molecule has 0 aliphatic heterocycles. The first-order valence-electron chi connectivity index (χ1n) is 5.87. The maximum Gasteiger partial charge on any atom is 0.0720 e. The van der Waals surface area contributed by atoms with Gasteiger partial charge in [0.1, 0.15) is 0 Å². The molecule has 16 heavy (non-hydrogen) atoms. The fourth-order valence-corrected chi connectivity index (χ4v) is 1.46. The predicted octanol–water partition coefficient (Wildman–Crippen LogP) is 3.10. The summed E-state index contributed by atoms with van der Waals surface area (Å²) in [7, 11) is 0. The molecule has 2 heteroatoms. The van der Waals surface area contributed by atoms with Crippen LogP contribution >= 0.6 is 0 Å². The summed E-state index contributed by atoms with van der Waals surface area (Å²) in [4.78, 5) is 0. The van der Waals surface area contributed by atoms with Crippen molar-refractivity contribution in [3.05, 3.63) is 35.4 Å². The molecule has 0 saturated heterocycles. The van der Waals surface area contributed by atoms with E-state index in [1.54, 1.807) is 0 Å². The average molecular weight is 221 g/mol. The lowest BCUT2D eigenvalue weighted by molar-refractivity contribution is 0.0958. The van der Waals surface area contributed by atoms with Crippen molar-refractivity contribution in [2.24, 2.45) is 11.1 Å². The van der Waals surface area contributed by atoms with E-state index in [2.05, 4.69) is 32.9 Å². The first-order chi connectivity index (χ1) is 7.53. The lowest BCUT2D eigenvalue weighted by atomic mass is 9.93. The first-order valence-corrected chi connectivity index (χ1v) is 5.87. The molecular formula is C14H23NO. The van der Waals surface area contributed by atoms with Crippen LogP contribution in [0.4, 0.5) is 0 Å². The molecule has 0 aliphatic carbocycles. The van der Waals surface area contributed by atoms with E-state index in [-0.39, 0.29) is 0 Å². The van der Waals surface area contributed by atoms with Gasteiger partial charge in [-0.05, 0) is 23.0 Å². The summed E-state index contributed by atoms with van der Waals surface area (Å²) in [5.74, 6) is 0. The molecule has 0 unspecified atom stereocenters. The number of hydrogen-bond donors (Lipinski definition) is 1. The van der Waals surface area contributed by atoms with E-state index < -0.39 is 0 Å². The number of nitrogens with two attached hydrogens (primary N) is 1. The van der Waals surface area contributed by atoms with Gasteiger partial charge in [0, 0.05) is 13.2 Å². The Labute approximate surface area is 98.8 Å². The number of ether oxygens (including phenoxy) is 1. The first kappa shape index (κ1) is 13.2. The van der Waals surface area contributed by atoms with Crippen LogP contribution in [0.2, 0.25) is 0 Å². The minimum Gasteiger partial charge on any atom is -0.377 e. The van der Waals surface area contributed by atoms with Crippen LogP contribution in [-0.2, 0) is 17.9 Å². The third kappa shape index (κ3) is 4.77. The summed E-state index contributed by atoms with van der Waals surface area (Å²) >= 11 is 0. The molecule has 0 atom stereocenters. The molecule has 2 nitrogen and oxygen atoms in total. The highest BCUT2D eigenvalue weighted by atomic mass is 16.5. The van der Waals surface area contributed by atoms with Crippen LogP contribution in [-0.4, -0.2) is 6.61 Å². The zero-order valence-corrected chi connectivity index (χ0v) is 10.6. The second kappa shape index (κ2) is 6.02. The van der Waals surface area contributed by atoms with Gasteiger partial charge in [0.25, 0.3) is 0 Å². The maximum atomic E-state index is 5.68. The molecule has 0 aliphatic rings. The zero-order valence-electron chi connectivity index (χ0n) is 10.6. The molecule has 0 radical (unpaired) electrons. The van der Waals surface area contributed by atoms with Gasteiger partial charge in [0.2, 0.25) is 0 Å². The zero-order chi connectivity index (χ0) is 12.0. The van der Waals surface area contributed by atoms with Crippen molar-refractivity contribution in [3.8, 4) is 0 Å². The molecule has 0 amide bonds. The van der Waals surface area contributed by atoms with Gasteiger partial charge < -0.3 is 10.5 Å². The van der Waals surface area contributed by atoms with Crippen molar-refractivity contribution >= 4 is 0 Å². The van der Waals surface area contributed by atoms with E-state index in [9.17, 15) is 0 Å². The van der Waals surface area contributed by atoms with Crippen LogP contribution < -0.4 is 5.73 Å². The molecule has 1 aromatic carbocycles. The summed E-state index contributed by atoms with van der Waals surface area (Å²) in [6.45, 7) is 8.74. The van der Waals surface area contributed by atoms with Gasteiger partial charge in [-0.3, -0.25) is 0 Å². The molecule has 2 N–H and O–H groups in total. The van der Waals surface area contributed by atoms with Crippen LogP contribution in [0, 0.1) is 5.41 Å². The molecule has 0 aromatic heterocycles. The van der Waals surface area contributed by atoms with Crippen LogP contribution in [0.15, 0.2) is 24.3 Å². The van der Waals surface area contributed by atoms with Gasteiger partial charge in [-0.25, -0.2) is 0 Å². The van der Waals surface area contributed by atoms with Crippen molar-refractivity contribution in [1.82, 2.24) is 0 Å². The van der Waals surface area contributed by atoms with Crippen LogP contribution in [0.5, 0.6) is 0 Å². The van der Waals surface area contributed by atoms with Crippen LogP contribution in [0.1, 0.15) is 38.3 Å². The summed E-state index contributed by atoms with van der Waals surface area (Å²) in [5, 5.41) is 0. The summed E-state index contributed by atoms with van der Waals surface area (Å²) < 4.78 is 5.68. The van der Waals surface area contributed by atoms with Crippen molar-refractivity contribution in [3.63, 3.8) is 0 Å². The Hall–Kier alpha value is -0.860. The molecular weight excluding hydrogens is 198 g/mol. The van der Waals surface area contributed by atoms with E-state index in [0.29, 0.717) is 18.6 Å². The van der Waals surface area contributed by atoms with Gasteiger partial charge in [0.15, 0.2) is 0 Å². The minimum absolute atomic E-state index is 0.341. The molecule has 0 bridgehead atoms. The third-order valence-corrected chi connectivity index (χ3v) is 2.59. The molecule has 1 aromatic rings. The van der Waals surface area contributed by atoms with Crippen molar-refractivity contribution < 1.29 is 4.74 Å². The summed E-state index contributed by atoms with van der Waals surface area (Å²) in [5.41, 5.74) is 8.40. The van der Waals surface area contributed by atoms with Gasteiger partial charge in [-0.15, -0.1) is 0 Å². The highest BCUT2D eigenvalue weighted by Gasteiger charge is 2.09. The van der Waals surface area contributed by atoms with Gasteiger partial charge >= 0.3 is 0 Å². The van der Waals surface area contributed by atoms with Gasteiger partial charge in [0.05, 0.1) is 6.61 Å². The monoisotopic (exact) mass is 221 g/mol. The topological polar surface area (TPSA) is 35.2 Å². The van der Waals surface area contributed by atoms with Crippen molar-refractivity contribution in [2.75, 3.05) is 6.61 Å². The van der Waals surface area contributed by atoms with Crippen LogP contribution in [0.25, 0.3) is 0 Å². The predicted molar refractivity (Wildman–Crippen MR) is 68.1 cm³/mol. The largest absolute Gasteiger partial charge is 0.377 e. The number of rotatable bonds is 5. The SMILES string of the molecule is CC(C)(C)CCOCc1ccccc1CN. The Morgan fingerprint density at radius 1 is 1.12 bits per heavy atom. The fourth-order valence-electron chi connectivity index (χ4n) is 1.46. The van der Waals surface area contributed by atoms with Crippen molar-refractivity contribution in [2.45, 2.75) is 40.3 Å². The Kier molecular flexibility index (Phi) is 4.97. The second-order valence-electron chi connectivity index (χ2n) is 5.34. The van der Waals surface area contributed by atoms with E-state index in [0.717, 1.165) is 13.0 Å². The third-order valence-electron chi connectivity index (χ3n) is 2.59. The molecule has 0 saturated carbocycles. The Morgan fingerprint density at radius 2 is 1.75 bits per heavy atom. The molecule has 0 heterocycles. The number of hydrogen-bond acceptors (Lipinski definition) is 2. The quantitative estimate of drug-likeness (QED) is 0.775. The highest BCUT2D eigenvalue weighted by molar-refractivity contribution is 5.26. The molecule has 0 spiro atoms. The smallest absolute Gasteiger partial charge is 0.0720 e.